The Balaban J connectivity index is 1.76. The van der Waals surface area contributed by atoms with Crippen molar-refractivity contribution in [2.75, 3.05) is 19.7 Å². The molecule has 0 saturated carbocycles. The molecule has 3 rings (SSSR count). The first-order valence-electron chi connectivity index (χ1n) is 8.76. The summed E-state index contributed by atoms with van der Waals surface area (Å²) in [6.45, 7) is 2.27. The number of aryl methyl sites for hydroxylation is 1. The van der Waals surface area contributed by atoms with Gasteiger partial charge in [-0.3, -0.25) is 4.79 Å². The Hall–Kier alpha value is -2.51. The van der Waals surface area contributed by atoms with E-state index in [0.717, 1.165) is 12.8 Å². The quantitative estimate of drug-likeness (QED) is 0.562. The number of hydrogen-bond acceptors (Lipinski definition) is 5. The Morgan fingerprint density at radius 1 is 1.04 bits per heavy atom. The van der Waals surface area contributed by atoms with Crippen molar-refractivity contribution in [1.29, 1.82) is 0 Å². The van der Waals surface area contributed by atoms with E-state index in [-0.39, 0.29) is 16.2 Å². The molecule has 1 heterocycles. The maximum Gasteiger partial charge on any atom is 0.338 e. The fourth-order valence-electron chi connectivity index (χ4n) is 2.98. The zero-order valence-electron chi connectivity index (χ0n) is 15.1. The molecule has 0 unspecified atom stereocenters. The molecule has 2 aromatic carbocycles. The lowest BCUT2D eigenvalue weighted by Gasteiger charge is -2.16. The summed E-state index contributed by atoms with van der Waals surface area (Å²) in [6.07, 6.45) is 1.67. The van der Waals surface area contributed by atoms with Gasteiger partial charge in [0, 0.05) is 18.7 Å². The summed E-state index contributed by atoms with van der Waals surface area (Å²) in [5, 5.41) is 0. The van der Waals surface area contributed by atoms with Gasteiger partial charge in [-0.2, -0.15) is 4.31 Å². The molecular formula is C20H21NO5S. The molecule has 27 heavy (non-hydrogen) atoms. The normalized spacial score (nSPS) is 14.9. The molecule has 0 aromatic heterocycles. The highest BCUT2D eigenvalue weighted by Crippen LogP contribution is 2.23. The van der Waals surface area contributed by atoms with Crippen molar-refractivity contribution < 1.29 is 22.7 Å². The number of nitrogens with zero attached hydrogens (tertiary/aromatic N) is 1. The van der Waals surface area contributed by atoms with Gasteiger partial charge >= 0.3 is 5.97 Å². The minimum Gasteiger partial charge on any atom is -0.454 e. The Morgan fingerprint density at radius 3 is 2.37 bits per heavy atom. The van der Waals surface area contributed by atoms with Gasteiger partial charge < -0.3 is 4.74 Å². The molecule has 142 valence electrons. The average molecular weight is 387 g/mol. The van der Waals surface area contributed by atoms with Crippen LogP contribution < -0.4 is 0 Å². The topological polar surface area (TPSA) is 80.8 Å². The largest absolute Gasteiger partial charge is 0.454 e. The van der Waals surface area contributed by atoms with E-state index in [0.29, 0.717) is 24.2 Å². The number of benzene rings is 2. The number of esters is 1. The summed E-state index contributed by atoms with van der Waals surface area (Å²) in [6, 6.07) is 12.9. The van der Waals surface area contributed by atoms with Crippen molar-refractivity contribution in [2.24, 2.45) is 0 Å². The second-order valence-corrected chi connectivity index (χ2v) is 8.39. The van der Waals surface area contributed by atoms with Crippen LogP contribution in [0.4, 0.5) is 0 Å². The van der Waals surface area contributed by atoms with E-state index in [4.69, 9.17) is 4.74 Å². The van der Waals surface area contributed by atoms with E-state index in [2.05, 4.69) is 0 Å². The predicted octanol–water partition coefficient (Wildman–Crippen LogP) is 2.82. The van der Waals surface area contributed by atoms with Gasteiger partial charge in [-0.15, -0.1) is 0 Å². The highest BCUT2D eigenvalue weighted by atomic mass is 32.2. The van der Waals surface area contributed by atoms with Gasteiger partial charge in [0.05, 0.1) is 10.5 Å². The summed E-state index contributed by atoms with van der Waals surface area (Å²) in [4.78, 5) is 24.6. The third kappa shape index (κ3) is 4.26. The summed E-state index contributed by atoms with van der Waals surface area (Å²) in [5.74, 6) is -1.03. The molecule has 1 fully saturated rings. The van der Waals surface area contributed by atoms with Crippen LogP contribution in [0.1, 0.15) is 39.1 Å². The number of carbonyl (C=O) groups is 2. The molecule has 7 heteroatoms. The van der Waals surface area contributed by atoms with Crippen LogP contribution in [0.15, 0.2) is 53.4 Å². The van der Waals surface area contributed by atoms with Gasteiger partial charge in [-0.1, -0.05) is 36.4 Å². The first-order chi connectivity index (χ1) is 12.9. The molecule has 1 saturated heterocycles. The molecular weight excluding hydrogens is 366 g/mol. The van der Waals surface area contributed by atoms with Crippen LogP contribution in [0, 0.1) is 6.92 Å². The van der Waals surface area contributed by atoms with Gasteiger partial charge in [0.25, 0.3) is 0 Å². The number of rotatable bonds is 6. The standard InChI is InChI=1S/C20H21NO5S/c1-15-9-10-17(27(24,25)21-11-5-6-12-21)13-18(15)20(23)26-14-19(22)16-7-3-2-4-8-16/h2-4,7-10,13H,5-6,11-12,14H2,1H3. The lowest BCUT2D eigenvalue weighted by molar-refractivity contribution is 0.0473. The van der Waals surface area contributed by atoms with Crippen LogP contribution in [0.25, 0.3) is 0 Å². The lowest BCUT2D eigenvalue weighted by Crippen LogP contribution is -2.28. The van der Waals surface area contributed by atoms with Crippen molar-refractivity contribution in [1.82, 2.24) is 4.31 Å². The molecule has 0 atom stereocenters. The lowest BCUT2D eigenvalue weighted by atomic mass is 10.1. The minimum atomic E-state index is -3.63. The van der Waals surface area contributed by atoms with E-state index in [1.54, 1.807) is 43.3 Å². The van der Waals surface area contributed by atoms with Crippen molar-refractivity contribution in [3.8, 4) is 0 Å². The monoisotopic (exact) mass is 387 g/mol. The van der Waals surface area contributed by atoms with Crippen molar-refractivity contribution in [2.45, 2.75) is 24.7 Å². The molecule has 1 aliphatic rings. The molecule has 2 aromatic rings. The van der Waals surface area contributed by atoms with Crippen LogP contribution >= 0.6 is 0 Å². The van der Waals surface area contributed by atoms with Crippen molar-refractivity contribution in [3.63, 3.8) is 0 Å². The molecule has 0 amide bonds. The Labute approximate surface area is 158 Å². The van der Waals surface area contributed by atoms with E-state index < -0.39 is 22.6 Å². The fourth-order valence-corrected chi connectivity index (χ4v) is 4.52. The third-order valence-electron chi connectivity index (χ3n) is 4.56. The highest BCUT2D eigenvalue weighted by Gasteiger charge is 2.28. The number of sulfonamides is 1. The molecule has 1 aliphatic heterocycles. The van der Waals surface area contributed by atoms with Gasteiger partial charge in [-0.05, 0) is 37.5 Å². The van der Waals surface area contributed by atoms with E-state index in [1.165, 1.54) is 16.4 Å². The summed E-state index contributed by atoms with van der Waals surface area (Å²) in [7, 11) is -3.63. The zero-order valence-corrected chi connectivity index (χ0v) is 15.9. The SMILES string of the molecule is Cc1ccc(S(=O)(=O)N2CCCC2)cc1C(=O)OCC(=O)c1ccccc1. The van der Waals surface area contributed by atoms with Crippen LogP contribution in [-0.2, 0) is 14.8 Å². The first-order valence-corrected chi connectivity index (χ1v) is 10.2. The van der Waals surface area contributed by atoms with Crippen LogP contribution in [0.2, 0.25) is 0 Å². The summed E-state index contributed by atoms with van der Waals surface area (Å²) >= 11 is 0. The first kappa shape index (κ1) is 19.3. The second kappa shape index (κ2) is 8.02. The molecule has 0 spiro atoms. The molecule has 0 radical (unpaired) electrons. The van der Waals surface area contributed by atoms with E-state index >= 15 is 0 Å². The maximum absolute atomic E-state index is 12.7. The van der Waals surface area contributed by atoms with Gasteiger partial charge in [0.15, 0.2) is 12.4 Å². The number of hydrogen-bond donors (Lipinski definition) is 0. The van der Waals surface area contributed by atoms with Gasteiger partial charge in [-0.25, -0.2) is 13.2 Å². The molecule has 0 bridgehead atoms. The van der Waals surface area contributed by atoms with E-state index in [1.807, 2.05) is 0 Å². The molecule has 0 N–H and O–H groups in total. The predicted molar refractivity (Wildman–Crippen MR) is 100 cm³/mol. The summed E-state index contributed by atoms with van der Waals surface area (Å²) < 4.78 is 31.9. The Morgan fingerprint density at radius 2 is 1.70 bits per heavy atom. The summed E-state index contributed by atoms with van der Waals surface area (Å²) in [5.41, 5.74) is 1.19. The maximum atomic E-state index is 12.7. The van der Waals surface area contributed by atoms with Crippen LogP contribution in [0.5, 0.6) is 0 Å². The zero-order chi connectivity index (χ0) is 19.4. The second-order valence-electron chi connectivity index (χ2n) is 6.45. The Bertz CT molecular complexity index is 948. The average Bonchev–Trinajstić information content (AvgIpc) is 3.22. The smallest absolute Gasteiger partial charge is 0.338 e. The fraction of sp³-hybridized carbons (Fsp3) is 0.300. The van der Waals surface area contributed by atoms with Crippen molar-refractivity contribution in [3.05, 3.63) is 65.2 Å². The van der Waals surface area contributed by atoms with Crippen LogP contribution in [-0.4, -0.2) is 44.2 Å². The number of ketones is 1. The van der Waals surface area contributed by atoms with E-state index in [9.17, 15) is 18.0 Å². The minimum absolute atomic E-state index is 0.0661. The van der Waals surface area contributed by atoms with Gasteiger partial charge in [0.2, 0.25) is 10.0 Å². The third-order valence-corrected chi connectivity index (χ3v) is 6.46. The Kier molecular flexibility index (Phi) is 5.72. The highest BCUT2D eigenvalue weighted by molar-refractivity contribution is 7.89. The number of Topliss-reactive ketones (excluding diaryl/α,β-unsaturated/α-hetero) is 1. The van der Waals surface area contributed by atoms with Crippen molar-refractivity contribution >= 4 is 21.8 Å². The molecule has 0 aliphatic carbocycles. The number of ether oxygens (including phenoxy) is 1. The molecule has 6 nitrogen and oxygen atoms in total. The van der Waals surface area contributed by atoms with Gasteiger partial charge in [0.1, 0.15) is 0 Å². The number of carbonyl (C=O) groups excluding carboxylic acids is 2. The van der Waals surface area contributed by atoms with Crippen LogP contribution in [0.3, 0.4) is 0 Å².